The van der Waals surface area contributed by atoms with Crippen LogP contribution in [0.3, 0.4) is 0 Å². The van der Waals surface area contributed by atoms with Crippen LogP contribution >= 0.6 is 0 Å². The zero-order chi connectivity index (χ0) is 12.1. The average Bonchev–Trinajstić information content (AvgIpc) is 2.25. The molecule has 0 saturated carbocycles. The van der Waals surface area contributed by atoms with Crippen molar-refractivity contribution in [2.45, 2.75) is 46.6 Å². The van der Waals surface area contributed by atoms with Crippen molar-refractivity contribution in [2.24, 2.45) is 22.7 Å². The molecule has 3 N–H and O–H groups in total. The molecule has 0 aliphatic carbocycles. The maximum Gasteiger partial charge on any atom is 0.208 e. The lowest BCUT2D eigenvalue weighted by Gasteiger charge is -2.42. The first-order chi connectivity index (χ1) is 7.60. The van der Waals surface area contributed by atoms with Gasteiger partial charge < -0.3 is 4.90 Å². The van der Waals surface area contributed by atoms with Crippen molar-refractivity contribution in [1.82, 2.24) is 10.3 Å². The summed E-state index contributed by atoms with van der Waals surface area (Å²) in [5, 5.41) is 0. The summed E-state index contributed by atoms with van der Waals surface area (Å²) in [5.41, 5.74) is 2.75. The van der Waals surface area contributed by atoms with Crippen molar-refractivity contribution in [3.05, 3.63) is 0 Å². The molecule has 1 aliphatic rings. The molecule has 0 aromatic rings. The van der Waals surface area contributed by atoms with Gasteiger partial charge in [0, 0.05) is 19.1 Å². The second kappa shape index (κ2) is 6.09. The van der Waals surface area contributed by atoms with Crippen LogP contribution in [-0.2, 0) is 0 Å². The van der Waals surface area contributed by atoms with Gasteiger partial charge in [-0.2, -0.15) is 0 Å². The molecule has 0 radical (unpaired) electrons. The van der Waals surface area contributed by atoms with Gasteiger partial charge in [-0.1, -0.05) is 20.8 Å². The standard InChI is InChI=1S/C12H26N4/c1-5-6-14-12(15-13)16-8-9(2)7-10(3)11(16)4/h9-11H,5-8,13H2,1-4H3,(H,14,15). The molecule has 1 aliphatic heterocycles. The van der Waals surface area contributed by atoms with Crippen LogP contribution in [0.5, 0.6) is 0 Å². The number of aliphatic imine (C=N–C) groups is 1. The van der Waals surface area contributed by atoms with E-state index in [4.69, 9.17) is 5.84 Å². The summed E-state index contributed by atoms with van der Waals surface area (Å²) in [4.78, 5) is 6.82. The van der Waals surface area contributed by atoms with Gasteiger partial charge in [-0.15, -0.1) is 0 Å². The Morgan fingerprint density at radius 1 is 1.44 bits per heavy atom. The normalized spacial score (nSPS) is 31.7. The SMILES string of the molecule is CCCN=C(NN)N1CC(C)CC(C)C1C. The van der Waals surface area contributed by atoms with Gasteiger partial charge in [0.1, 0.15) is 0 Å². The van der Waals surface area contributed by atoms with E-state index in [-0.39, 0.29) is 0 Å². The van der Waals surface area contributed by atoms with Crippen LogP contribution in [0, 0.1) is 11.8 Å². The van der Waals surface area contributed by atoms with Crippen LogP contribution in [0.2, 0.25) is 0 Å². The van der Waals surface area contributed by atoms with Crippen molar-refractivity contribution in [3.8, 4) is 0 Å². The third kappa shape index (κ3) is 3.11. The van der Waals surface area contributed by atoms with E-state index >= 15 is 0 Å². The van der Waals surface area contributed by atoms with Crippen molar-refractivity contribution >= 4 is 5.96 Å². The predicted molar refractivity (Wildman–Crippen MR) is 69.0 cm³/mol. The zero-order valence-corrected chi connectivity index (χ0v) is 11.0. The molecular formula is C12H26N4. The lowest BCUT2D eigenvalue weighted by molar-refractivity contribution is 0.142. The molecule has 4 heteroatoms. The minimum absolute atomic E-state index is 0.517. The fourth-order valence-electron chi connectivity index (χ4n) is 2.43. The third-order valence-corrected chi connectivity index (χ3v) is 3.48. The Morgan fingerprint density at radius 3 is 2.69 bits per heavy atom. The molecular weight excluding hydrogens is 200 g/mol. The monoisotopic (exact) mass is 226 g/mol. The number of hydrogen-bond donors (Lipinski definition) is 2. The molecule has 3 unspecified atom stereocenters. The highest BCUT2D eigenvalue weighted by molar-refractivity contribution is 5.79. The fraction of sp³-hybridized carbons (Fsp3) is 0.917. The lowest BCUT2D eigenvalue weighted by atomic mass is 9.86. The van der Waals surface area contributed by atoms with Gasteiger partial charge in [-0.3, -0.25) is 10.4 Å². The van der Waals surface area contributed by atoms with E-state index in [0.29, 0.717) is 17.9 Å². The summed E-state index contributed by atoms with van der Waals surface area (Å²) in [6.45, 7) is 10.9. The Balaban J connectivity index is 2.74. The molecule has 1 rings (SSSR count). The van der Waals surface area contributed by atoms with Crippen LogP contribution in [0.25, 0.3) is 0 Å². The summed E-state index contributed by atoms with van der Waals surface area (Å²) in [6, 6.07) is 0.517. The molecule has 4 nitrogen and oxygen atoms in total. The van der Waals surface area contributed by atoms with Crippen LogP contribution in [0.1, 0.15) is 40.5 Å². The summed E-state index contributed by atoms with van der Waals surface area (Å²) in [7, 11) is 0. The van der Waals surface area contributed by atoms with Crippen molar-refractivity contribution in [3.63, 3.8) is 0 Å². The topological polar surface area (TPSA) is 53.6 Å². The van der Waals surface area contributed by atoms with Gasteiger partial charge in [0.2, 0.25) is 5.96 Å². The number of rotatable bonds is 2. The Morgan fingerprint density at radius 2 is 2.12 bits per heavy atom. The van der Waals surface area contributed by atoms with Gasteiger partial charge in [0.15, 0.2) is 0 Å². The van der Waals surface area contributed by atoms with Crippen molar-refractivity contribution in [2.75, 3.05) is 13.1 Å². The van der Waals surface area contributed by atoms with Crippen LogP contribution in [-0.4, -0.2) is 30.0 Å². The predicted octanol–water partition coefficient (Wildman–Crippen LogP) is 1.58. The summed E-state index contributed by atoms with van der Waals surface area (Å²) < 4.78 is 0. The number of piperidine rings is 1. The molecule has 3 atom stereocenters. The number of hydrogen-bond acceptors (Lipinski definition) is 2. The van der Waals surface area contributed by atoms with Gasteiger partial charge >= 0.3 is 0 Å². The molecule has 1 heterocycles. The summed E-state index contributed by atoms with van der Waals surface area (Å²) in [5.74, 6) is 7.84. The van der Waals surface area contributed by atoms with E-state index in [1.165, 1.54) is 6.42 Å². The number of nitrogens with one attached hydrogen (secondary N) is 1. The first-order valence-corrected chi connectivity index (χ1v) is 6.37. The first kappa shape index (κ1) is 13.3. The molecule has 0 amide bonds. The minimum atomic E-state index is 0.517. The van der Waals surface area contributed by atoms with Gasteiger partial charge in [0.05, 0.1) is 0 Å². The minimum Gasteiger partial charge on any atom is -0.339 e. The fourth-order valence-corrected chi connectivity index (χ4v) is 2.43. The van der Waals surface area contributed by atoms with Gasteiger partial charge in [-0.25, -0.2) is 5.84 Å². The number of nitrogens with two attached hydrogens (primary N) is 1. The van der Waals surface area contributed by atoms with E-state index < -0.39 is 0 Å². The lowest BCUT2D eigenvalue weighted by Crippen LogP contribution is -2.55. The van der Waals surface area contributed by atoms with Crippen LogP contribution in [0.15, 0.2) is 4.99 Å². The molecule has 1 saturated heterocycles. The van der Waals surface area contributed by atoms with E-state index in [2.05, 4.69) is 43.0 Å². The van der Waals surface area contributed by atoms with Crippen LogP contribution in [0.4, 0.5) is 0 Å². The number of nitrogens with zero attached hydrogens (tertiary/aromatic N) is 2. The molecule has 0 bridgehead atoms. The van der Waals surface area contributed by atoms with E-state index in [1.54, 1.807) is 0 Å². The Bertz CT molecular complexity index is 239. The number of guanidine groups is 1. The number of hydrazine groups is 1. The van der Waals surface area contributed by atoms with E-state index in [0.717, 1.165) is 25.5 Å². The van der Waals surface area contributed by atoms with Crippen LogP contribution < -0.4 is 11.3 Å². The summed E-state index contributed by atoms with van der Waals surface area (Å²) in [6.07, 6.45) is 2.35. The smallest absolute Gasteiger partial charge is 0.208 e. The first-order valence-electron chi connectivity index (χ1n) is 6.37. The second-order valence-corrected chi connectivity index (χ2v) is 5.06. The highest BCUT2D eigenvalue weighted by Crippen LogP contribution is 2.26. The van der Waals surface area contributed by atoms with E-state index in [1.807, 2.05) is 0 Å². The highest BCUT2D eigenvalue weighted by Gasteiger charge is 2.30. The van der Waals surface area contributed by atoms with Crippen molar-refractivity contribution < 1.29 is 0 Å². The molecule has 94 valence electrons. The molecule has 1 fully saturated rings. The maximum atomic E-state index is 5.58. The highest BCUT2D eigenvalue weighted by atomic mass is 15.4. The van der Waals surface area contributed by atoms with E-state index in [9.17, 15) is 0 Å². The Kier molecular flexibility index (Phi) is 5.06. The van der Waals surface area contributed by atoms with Gasteiger partial charge in [0.25, 0.3) is 0 Å². The molecule has 0 spiro atoms. The third-order valence-electron chi connectivity index (χ3n) is 3.48. The second-order valence-electron chi connectivity index (χ2n) is 5.06. The maximum absolute atomic E-state index is 5.58. The molecule has 0 aromatic heterocycles. The Hall–Kier alpha value is -0.770. The largest absolute Gasteiger partial charge is 0.339 e. The quantitative estimate of drug-likeness (QED) is 0.325. The van der Waals surface area contributed by atoms with Crippen molar-refractivity contribution in [1.29, 1.82) is 0 Å². The average molecular weight is 226 g/mol. The zero-order valence-electron chi connectivity index (χ0n) is 11.0. The van der Waals surface area contributed by atoms with Gasteiger partial charge in [-0.05, 0) is 31.6 Å². The number of likely N-dealkylation sites (tertiary alicyclic amines) is 1. The summed E-state index contributed by atoms with van der Waals surface area (Å²) >= 11 is 0. The molecule has 16 heavy (non-hydrogen) atoms. The molecule has 0 aromatic carbocycles. The Labute approximate surface area is 99.3 Å².